The zero-order valence-corrected chi connectivity index (χ0v) is 18.7. The molecule has 0 atom stereocenters. The number of allylic oxidation sites excluding steroid dienone is 1. The molecule has 0 fully saturated rings. The fourth-order valence-corrected chi connectivity index (χ4v) is 5.12. The maximum absolute atomic E-state index is 12.6. The summed E-state index contributed by atoms with van der Waals surface area (Å²) in [5.74, 6) is 1.81. The van der Waals surface area contributed by atoms with Gasteiger partial charge in [0.15, 0.2) is 11.0 Å². The zero-order valence-electron chi connectivity index (χ0n) is 17.1. The van der Waals surface area contributed by atoms with Crippen LogP contribution in [0.2, 0.25) is 0 Å². The molecule has 0 saturated heterocycles. The smallest absolute Gasteiger partial charge is 0.348 e. The SMILES string of the molecule is C=CCn1c(SCc2nc3sc(C(=O)OC)c(C)c3c(=O)[nH]2)nnc1-c1ccoc1C. The Hall–Kier alpha value is -3.18. The van der Waals surface area contributed by atoms with Crippen molar-refractivity contribution < 1.29 is 13.9 Å². The molecule has 0 aromatic carbocycles. The van der Waals surface area contributed by atoms with Crippen molar-refractivity contribution in [1.29, 1.82) is 0 Å². The number of fused-ring (bicyclic) bond motifs is 1. The van der Waals surface area contributed by atoms with E-state index >= 15 is 0 Å². The maximum atomic E-state index is 12.6. The van der Waals surface area contributed by atoms with Gasteiger partial charge in [0.25, 0.3) is 5.56 Å². The number of aromatic amines is 1. The predicted octanol–water partition coefficient (Wildman–Crippen LogP) is 3.72. The van der Waals surface area contributed by atoms with Crippen LogP contribution in [0.1, 0.15) is 26.8 Å². The lowest BCUT2D eigenvalue weighted by molar-refractivity contribution is 0.0605. The highest BCUT2D eigenvalue weighted by molar-refractivity contribution is 7.98. The Labute approximate surface area is 185 Å². The van der Waals surface area contributed by atoms with Crippen molar-refractivity contribution in [2.75, 3.05) is 7.11 Å². The van der Waals surface area contributed by atoms with Gasteiger partial charge in [-0.1, -0.05) is 17.8 Å². The Morgan fingerprint density at radius 1 is 1.42 bits per heavy atom. The summed E-state index contributed by atoms with van der Waals surface area (Å²) in [7, 11) is 1.31. The number of nitrogens with one attached hydrogen (secondary N) is 1. The second-order valence-corrected chi connectivity index (χ2v) is 8.57. The molecular weight excluding hydrogens is 438 g/mol. The number of thioether (sulfide) groups is 1. The van der Waals surface area contributed by atoms with E-state index in [0.717, 1.165) is 22.7 Å². The molecule has 0 amide bonds. The number of hydrogen-bond donors (Lipinski definition) is 1. The van der Waals surface area contributed by atoms with Crippen LogP contribution >= 0.6 is 23.1 Å². The molecule has 9 nitrogen and oxygen atoms in total. The number of carbonyl (C=O) groups is 1. The van der Waals surface area contributed by atoms with Crippen molar-refractivity contribution in [2.45, 2.75) is 31.3 Å². The number of thiophene rings is 1. The highest BCUT2D eigenvalue weighted by atomic mass is 32.2. The van der Waals surface area contributed by atoms with E-state index < -0.39 is 5.97 Å². The zero-order chi connectivity index (χ0) is 22.1. The second-order valence-electron chi connectivity index (χ2n) is 6.63. The van der Waals surface area contributed by atoms with Crippen LogP contribution in [0.25, 0.3) is 21.6 Å². The van der Waals surface area contributed by atoms with Crippen molar-refractivity contribution in [3.05, 3.63) is 57.4 Å². The summed E-state index contributed by atoms with van der Waals surface area (Å²) in [6.07, 6.45) is 3.38. The van der Waals surface area contributed by atoms with Crippen LogP contribution in [0.15, 0.2) is 39.4 Å². The molecule has 0 spiro atoms. The fraction of sp³-hybridized carbons (Fsp3) is 0.250. The van der Waals surface area contributed by atoms with Crippen LogP contribution in [-0.4, -0.2) is 37.8 Å². The molecule has 0 bridgehead atoms. The van der Waals surface area contributed by atoms with Crippen molar-refractivity contribution >= 4 is 39.3 Å². The van der Waals surface area contributed by atoms with Crippen LogP contribution in [0.3, 0.4) is 0 Å². The molecular formula is C20H19N5O4S2. The summed E-state index contributed by atoms with van der Waals surface area (Å²) >= 11 is 2.54. The van der Waals surface area contributed by atoms with Crippen LogP contribution in [0.4, 0.5) is 0 Å². The normalized spacial score (nSPS) is 11.2. The number of nitrogens with zero attached hydrogens (tertiary/aromatic N) is 4. The molecule has 0 aliphatic heterocycles. The summed E-state index contributed by atoms with van der Waals surface area (Å²) in [5.41, 5.74) is 1.15. The molecule has 4 heterocycles. The highest BCUT2D eigenvalue weighted by Crippen LogP contribution is 2.30. The Bertz CT molecular complexity index is 1350. The quantitative estimate of drug-likeness (QED) is 0.254. The van der Waals surface area contributed by atoms with Gasteiger partial charge < -0.3 is 14.1 Å². The van der Waals surface area contributed by atoms with Gasteiger partial charge in [-0.25, -0.2) is 9.78 Å². The van der Waals surface area contributed by atoms with Crippen molar-refractivity contribution in [2.24, 2.45) is 0 Å². The van der Waals surface area contributed by atoms with Gasteiger partial charge in [-0.3, -0.25) is 9.36 Å². The van der Waals surface area contributed by atoms with Gasteiger partial charge in [0.1, 0.15) is 21.3 Å². The molecule has 4 rings (SSSR count). The van der Waals surface area contributed by atoms with Gasteiger partial charge in [-0.05, 0) is 25.5 Å². The second kappa shape index (κ2) is 8.52. The Kier molecular flexibility index (Phi) is 5.79. The first-order valence-corrected chi connectivity index (χ1v) is 11.1. The number of methoxy groups -OCH3 is 1. The number of carbonyl (C=O) groups excluding carboxylic acids is 1. The molecule has 4 aromatic heterocycles. The highest BCUT2D eigenvalue weighted by Gasteiger charge is 2.21. The number of furan rings is 1. The van der Waals surface area contributed by atoms with Crippen LogP contribution in [0.5, 0.6) is 0 Å². The Balaban J connectivity index is 1.64. The van der Waals surface area contributed by atoms with Crippen molar-refractivity contribution in [3.63, 3.8) is 0 Å². The third kappa shape index (κ3) is 3.81. The minimum Gasteiger partial charge on any atom is -0.469 e. The lowest BCUT2D eigenvalue weighted by atomic mass is 10.2. The van der Waals surface area contributed by atoms with Gasteiger partial charge in [-0.2, -0.15) is 0 Å². The number of rotatable bonds is 7. The monoisotopic (exact) mass is 457 g/mol. The molecule has 0 aliphatic rings. The average Bonchev–Trinajstić information content (AvgIpc) is 3.43. The summed E-state index contributed by atoms with van der Waals surface area (Å²) < 4.78 is 12.1. The number of aromatic nitrogens is 5. The number of aryl methyl sites for hydroxylation is 2. The van der Waals surface area contributed by atoms with Gasteiger partial charge in [0.2, 0.25) is 0 Å². The first kappa shape index (κ1) is 21.1. The predicted molar refractivity (Wildman–Crippen MR) is 119 cm³/mol. The molecule has 0 unspecified atom stereocenters. The van der Waals surface area contributed by atoms with Crippen LogP contribution in [-0.2, 0) is 17.0 Å². The largest absolute Gasteiger partial charge is 0.469 e. The van der Waals surface area contributed by atoms with Crippen molar-refractivity contribution in [1.82, 2.24) is 24.7 Å². The molecule has 4 aromatic rings. The standard InChI is InChI=1S/C20H19N5O4S2/c1-5-7-25-16(12-6-8-29-11(12)3)23-24-20(25)30-9-13-21-17(26)14-10(2)15(19(27)28-4)31-18(14)22-13/h5-6,8H,1,7,9H2,2-4H3,(H,21,22,26). The lowest BCUT2D eigenvalue weighted by Crippen LogP contribution is -2.11. The summed E-state index contributed by atoms with van der Waals surface area (Å²) in [5, 5.41) is 9.67. The topological polar surface area (TPSA) is 116 Å². The van der Waals surface area contributed by atoms with Gasteiger partial charge >= 0.3 is 5.97 Å². The third-order valence-corrected chi connectivity index (χ3v) is 6.83. The molecule has 0 saturated carbocycles. The van der Waals surface area contributed by atoms with Crippen LogP contribution in [0, 0.1) is 13.8 Å². The van der Waals surface area contributed by atoms with Crippen LogP contribution < -0.4 is 5.56 Å². The summed E-state index contributed by atoms with van der Waals surface area (Å²) in [6, 6.07) is 1.85. The molecule has 160 valence electrons. The Morgan fingerprint density at radius 3 is 2.90 bits per heavy atom. The molecule has 31 heavy (non-hydrogen) atoms. The van der Waals surface area contributed by atoms with E-state index in [1.54, 1.807) is 19.3 Å². The minimum atomic E-state index is -0.476. The fourth-order valence-electron chi connectivity index (χ4n) is 3.18. The third-order valence-electron chi connectivity index (χ3n) is 4.69. The first-order valence-electron chi connectivity index (χ1n) is 9.26. The summed E-state index contributed by atoms with van der Waals surface area (Å²) in [4.78, 5) is 32.8. The van der Waals surface area contributed by atoms with Gasteiger partial charge in [0.05, 0.1) is 30.1 Å². The minimum absolute atomic E-state index is 0.285. The maximum Gasteiger partial charge on any atom is 0.348 e. The Morgan fingerprint density at radius 2 is 2.23 bits per heavy atom. The molecule has 11 heteroatoms. The number of H-pyrrole nitrogens is 1. The van der Waals surface area contributed by atoms with E-state index in [4.69, 9.17) is 9.15 Å². The van der Waals surface area contributed by atoms with Gasteiger partial charge in [0, 0.05) is 6.54 Å². The number of esters is 1. The number of ether oxygens (including phenoxy) is 1. The first-order chi connectivity index (χ1) is 14.9. The molecule has 0 aliphatic carbocycles. The van der Waals surface area contributed by atoms with Gasteiger partial charge in [-0.15, -0.1) is 28.1 Å². The molecule has 1 N–H and O–H groups in total. The van der Waals surface area contributed by atoms with E-state index in [2.05, 4.69) is 26.7 Å². The molecule has 0 radical (unpaired) electrons. The van der Waals surface area contributed by atoms with E-state index in [0.29, 0.717) is 49.8 Å². The lowest BCUT2D eigenvalue weighted by Gasteiger charge is -2.07. The van der Waals surface area contributed by atoms with Crippen molar-refractivity contribution in [3.8, 4) is 11.4 Å². The van der Waals surface area contributed by atoms with E-state index in [-0.39, 0.29) is 5.56 Å². The number of hydrogen-bond acceptors (Lipinski definition) is 9. The summed E-state index contributed by atoms with van der Waals surface area (Å²) in [6.45, 7) is 7.91. The van der Waals surface area contributed by atoms with E-state index in [1.807, 2.05) is 17.6 Å². The van der Waals surface area contributed by atoms with E-state index in [9.17, 15) is 9.59 Å². The average molecular weight is 458 g/mol. The van der Waals surface area contributed by atoms with E-state index in [1.165, 1.54) is 18.9 Å².